The Morgan fingerprint density at radius 3 is 2.78 bits per heavy atom. The smallest absolute Gasteiger partial charge is 0.170 e. The predicted molar refractivity (Wildman–Crippen MR) is 116 cm³/mol. The van der Waals surface area contributed by atoms with Gasteiger partial charge in [0.1, 0.15) is 0 Å². The highest BCUT2D eigenvalue weighted by molar-refractivity contribution is 9.10. The second-order valence-corrected chi connectivity index (χ2v) is 7.91. The van der Waals surface area contributed by atoms with E-state index in [4.69, 9.17) is 12.2 Å². The SMILES string of the molecule is CCCN1C(=S)NC(c2ccccn2)C1c1cccn1-c1cccc(Br)c1. The van der Waals surface area contributed by atoms with Gasteiger partial charge < -0.3 is 14.8 Å². The quantitative estimate of drug-likeness (QED) is 0.564. The van der Waals surface area contributed by atoms with Gasteiger partial charge in [0.15, 0.2) is 5.11 Å². The third kappa shape index (κ3) is 3.51. The zero-order valence-corrected chi connectivity index (χ0v) is 17.5. The number of halogens is 1. The lowest BCUT2D eigenvalue weighted by Gasteiger charge is -2.28. The van der Waals surface area contributed by atoms with Crippen LogP contribution in [0, 0.1) is 0 Å². The largest absolute Gasteiger partial charge is 0.352 e. The molecule has 138 valence electrons. The fraction of sp³-hybridized carbons (Fsp3) is 0.238. The van der Waals surface area contributed by atoms with Crippen LogP contribution in [0.2, 0.25) is 0 Å². The van der Waals surface area contributed by atoms with E-state index in [-0.39, 0.29) is 12.1 Å². The summed E-state index contributed by atoms with van der Waals surface area (Å²) < 4.78 is 3.30. The maximum absolute atomic E-state index is 5.69. The summed E-state index contributed by atoms with van der Waals surface area (Å²) in [7, 11) is 0. The van der Waals surface area contributed by atoms with Crippen molar-refractivity contribution in [1.82, 2.24) is 19.8 Å². The fourth-order valence-corrected chi connectivity index (χ4v) is 4.42. The van der Waals surface area contributed by atoms with Crippen LogP contribution in [0.4, 0.5) is 0 Å². The number of benzene rings is 1. The van der Waals surface area contributed by atoms with Gasteiger partial charge in [-0.2, -0.15) is 0 Å². The van der Waals surface area contributed by atoms with Gasteiger partial charge in [0.25, 0.3) is 0 Å². The molecule has 3 heterocycles. The predicted octanol–water partition coefficient (Wildman–Crippen LogP) is 5.02. The third-order valence-corrected chi connectivity index (χ3v) is 5.68. The average Bonchev–Trinajstić information content (AvgIpc) is 3.28. The van der Waals surface area contributed by atoms with E-state index in [9.17, 15) is 0 Å². The van der Waals surface area contributed by atoms with E-state index in [0.29, 0.717) is 0 Å². The van der Waals surface area contributed by atoms with Crippen LogP contribution in [0.3, 0.4) is 0 Å². The summed E-state index contributed by atoms with van der Waals surface area (Å²) in [5.41, 5.74) is 3.33. The number of hydrogen-bond acceptors (Lipinski definition) is 2. The summed E-state index contributed by atoms with van der Waals surface area (Å²) in [6, 6.07) is 18.8. The van der Waals surface area contributed by atoms with Gasteiger partial charge >= 0.3 is 0 Å². The van der Waals surface area contributed by atoms with Crippen molar-refractivity contribution in [1.29, 1.82) is 0 Å². The van der Waals surface area contributed by atoms with Gasteiger partial charge in [-0.1, -0.05) is 35.0 Å². The van der Waals surface area contributed by atoms with Gasteiger partial charge in [-0.3, -0.25) is 4.98 Å². The van der Waals surface area contributed by atoms with Crippen molar-refractivity contribution in [3.63, 3.8) is 0 Å². The molecule has 27 heavy (non-hydrogen) atoms. The molecule has 0 spiro atoms. The molecule has 1 N–H and O–H groups in total. The first kappa shape index (κ1) is 18.2. The highest BCUT2D eigenvalue weighted by Gasteiger charge is 2.40. The van der Waals surface area contributed by atoms with Gasteiger partial charge in [-0.05, 0) is 61.1 Å². The molecular weight excluding hydrogens is 420 g/mol. The minimum Gasteiger partial charge on any atom is -0.352 e. The summed E-state index contributed by atoms with van der Waals surface area (Å²) in [6.45, 7) is 3.09. The molecule has 1 aliphatic heterocycles. The van der Waals surface area contributed by atoms with E-state index in [1.54, 1.807) is 0 Å². The highest BCUT2D eigenvalue weighted by Crippen LogP contribution is 2.39. The Labute approximate surface area is 173 Å². The minimum atomic E-state index is 0.0195. The van der Waals surface area contributed by atoms with Gasteiger partial charge in [0.05, 0.1) is 17.8 Å². The Morgan fingerprint density at radius 2 is 2.04 bits per heavy atom. The van der Waals surface area contributed by atoms with Crippen molar-refractivity contribution < 1.29 is 0 Å². The normalized spacial score (nSPS) is 19.3. The molecule has 0 aliphatic carbocycles. The topological polar surface area (TPSA) is 33.1 Å². The Balaban J connectivity index is 1.81. The molecule has 4 rings (SSSR count). The molecule has 6 heteroatoms. The molecule has 2 aromatic heterocycles. The van der Waals surface area contributed by atoms with E-state index in [2.05, 4.69) is 85.2 Å². The lowest BCUT2D eigenvalue weighted by atomic mass is 10.0. The van der Waals surface area contributed by atoms with Crippen LogP contribution in [0.25, 0.3) is 5.69 Å². The van der Waals surface area contributed by atoms with Gasteiger partial charge in [-0.15, -0.1) is 0 Å². The molecule has 1 aliphatic rings. The average molecular weight is 441 g/mol. The number of nitrogens with zero attached hydrogens (tertiary/aromatic N) is 3. The van der Waals surface area contributed by atoms with Crippen molar-refractivity contribution in [3.05, 3.63) is 82.9 Å². The molecule has 4 nitrogen and oxygen atoms in total. The molecule has 0 bridgehead atoms. The van der Waals surface area contributed by atoms with E-state index in [0.717, 1.165) is 33.9 Å². The van der Waals surface area contributed by atoms with E-state index in [1.165, 1.54) is 5.69 Å². The highest BCUT2D eigenvalue weighted by atomic mass is 79.9. The summed E-state index contributed by atoms with van der Waals surface area (Å²) >= 11 is 9.27. The third-order valence-electron chi connectivity index (χ3n) is 4.83. The first-order chi connectivity index (χ1) is 13.2. The molecule has 3 aromatic rings. The number of pyridine rings is 1. The number of aromatic nitrogens is 2. The standard InChI is InChI=1S/C21H21BrN4S/c1-2-12-26-20(19(24-21(26)27)17-9-3-4-11-23-17)18-10-6-13-25(18)16-8-5-7-15(22)14-16/h3-11,13-14,19-20H,2,12H2,1H3,(H,24,27). The molecular formula is C21H21BrN4S. The lowest BCUT2D eigenvalue weighted by molar-refractivity contribution is 0.309. The van der Waals surface area contributed by atoms with Crippen molar-refractivity contribution in [2.24, 2.45) is 0 Å². The second kappa shape index (κ2) is 7.82. The lowest BCUT2D eigenvalue weighted by Crippen LogP contribution is -2.31. The van der Waals surface area contributed by atoms with E-state index < -0.39 is 0 Å². The fourth-order valence-electron chi connectivity index (χ4n) is 3.70. The molecule has 1 aromatic carbocycles. The summed E-state index contributed by atoms with van der Waals surface area (Å²) in [5, 5.41) is 4.30. The summed E-state index contributed by atoms with van der Waals surface area (Å²) in [4.78, 5) is 6.89. The molecule has 2 atom stereocenters. The van der Waals surface area contributed by atoms with Gasteiger partial charge in [0.2, 0.25) is 0 Å². The molecule has 0 saturated carbocycles. The molecule has 0 amide bonds. The van der Waals surface area contributed by atoms with Crippen molar-refractivity contribution in [2.45, 2.75) is 25.4 Å². The van der Waals surface area contributed by atoms with Crippen LogP contribution in [0.5, 0.6) is 0 Å². The Hall–Kier alpha value is -2.18. The first-order valence-corrected chi connectivity index (χ1v) is 10.3. The maximum Gasteiger partial charge on any atom is 0.170 e. The number of hydrogen-bond donors (Lipinski definition) is 1. The van der Waals surface area contributed by atoms with Crippen LogP contribution in [-0.4, -0.2) is 26.1 Å². The molecule has 1 saturated heterocycles. The molecule has 2 unspecified atom stereocenters. The first-order valence-electron chi connectivity index (χ1n) is 9.10. The van der Waals surface area contributed by atoms with E-state index >= 15 is 0 Å². The van der Waals surface area contributed by atoms with Crippen molar-refractivity contribution in [3.8, 4) is 5.69 Å². The minimum absolute atomic E-state index is 0.0195. The number of thiocarbonyl (C=S) groups is 1. The maximum atomic E-state index is 5.69. The van der Waals surface area contributed by atoms with Gasteiger partial charge in [-0.25, -0.2) is 0 Å². The van der Waals surface area contributed by atoms with Gasteiger partial charge in [0, 0.05) is 34.8 Å². The Bertz CT molecular complexity index is 940. The van der Waals surface area contributed by atoms with Crippen LogP contribution >= 0.6 is 28.1 Å². The number of rotatable bonds is 5. The summed E-state index contributed by atoms with van der Waals surface area (Å²) in [6.07, 6.45) is 4.98. The zero-order valence-electron chi connectivity index (χ0n) is 15.0. The van der Waals surface area contributed by atoms with Crippen LogP contribution < -0.4 is 5.32 Å². The van der Waals surface area contributed by atoms with Crippen LogP contribution in [0.15, 0.2) is 71.5 Å². The molecule has 1 fully saturated rings. The molecule has 0 radical (unpaired) electrons. The van der Waals surface area contributed by atoms with E-state index in [1.807, 2.05) is 24.4 Å². The van der Waals surface area contributed by atoms with Crippen molar-refractivity contribution in [2.75, 3.05) is 6.54 Å². The second-order valence-electron chi connectivity index (χ2n) is 6.60. The Morgan fingerprint density at radius 1 is 1.15 bits per heavy atom. The summed E-state index contributed by atoms with van der Waals surface area (Å²) in [5.74, 6) is 0. The van der Waals surface area contributed by atoms with Crippen molar-refractivity contribution >= 4 is 33.3 Å². The number of nitrogens with one attached hydrogen (secondary N) is 1. The zero-order chi connectivity index (χ0) is 18.8. The van der Waals surface area contributed by atoms with Crippen LogP contribution in [0.1, 0.15) is 36.8 Å². The Kier molecular flexibility index (Phi) is 5.27. The van der Waals surface area contributed by atoms with Crippen LogP contribution in [-0.2, 0) is 0 Å². The monoisotopic (exact) mass is 440 g/mol.